The number of aryl methyl sites for hydroxylation is 3. The Morgan fingerprint density at radius 3 is 2.41 bits per heavy atom. The van der Waals surface area contributed by atoms with Gasteiger partial charge in [0.2, 0.25) is 0 Å². The van der Waals surface area contributed by atoms with E-state index in [1.165, 1.54) is 16.7 Å². The molecule has 1 rings (SSSR count). The number of hydrogen-bond acceptors (Lipinski definition) is 1. The lowest BCUT2D eigenvalue weighted by Gasteiger charge is -2.25. The fourth-order valence-electron chi connectivity index (χ4n) is 1.99. The number of benzene rings is 1. The van der Waals surface area contributed by atoms with Crippen LogP contribution in [0.15, 0.2) is 18.2 Å². The summed E-state index contributed by atoms with van der Waals surface area (Å²) in [5.74, 6) is 0. The van der Waals surface area contributed by atoms with Gasteiger partial charge in [0.25, 0.3) is 0 Å². The lowest BCUT2D eigenvalue weighted by molar-refractivity contribution is 0.0540. The number of aliphatic hydroxyl groups is 1. The molecule has 1 unspecified atom stereocenters. The van der Waals surface area contributed by atoms with Gasteiger partial charge in [0.15, 0.2) is 0 Å². The maximum Gasteiger partial charge on any atom is 0.0588 e. The molecule has 0 fully saturated rings. The molecule has 0 aliphatic carbocycles. The summed E-state index contributed by atoms with van der Waals surface area (Å²) in [6.07, 6.45) is 2.81. The molecule has 0 saturated heterocycles. The van der Waals surface area contributed by atoms with Gasteiger partial charge in [-0.3, -0.25) is 0 Å². The standard InChI is InChI=1S/C16H26O/c1-12-9-10-13(2)14(11-12)7-6-8-15(17)16(3,4)5/h9-11,15,17H,6-8H2,1-5H3. The average molecular weight is 234 g/mol. The minimum Gasteiger partial charge on any atom is -0.393 e. The van der Waals surface area contributed by atoms with Crippen LogP contribution in [0, 0.1) is 19.3 Å². The van der Waals surface area contributed by atoms with Gasteiger partial charge in [-0.1, -0.05) is 44.5 Å². The topological polar surface area (TPSA) is 20.2 Å². The largest absolute Gasteiger partial charge is 0.393 e. The molecule has 1 N–H and O–H groups in total. The molecule has 0 saturated carbocycles. The molecular formula is C16H26O. The van der Waals surface area contributed by atoms with Crippen LogP contribution in [0.2, 0.25) is 0 Å². The summed E-state index contributed by atoms with van der Waals surface area (Å²) in [6.45, 7) is 10.6. The van der Waals surface area contributed by atoms with Crippen molar-refractivity contribution in [3.63, 3.8) is 0 Å². The highest BCUT2D eigenvalue weighted by Gasteiger charge is 2.21. The minimum absolute atomic E-state index is 0.00164. The van der Waals surface area contributed by atoms with Crippen LogP contribution in [0.4, 0.5) is 0 Å². The normalized spacial score (nSPS) is 13.8. The Balaban J connectivity index is 2.49. The minimum atomic E-state index is -0.201. The maximum atomic E-state index is 9.99. The molecule has 17 heavy (non-hydrogen) atoms. The summed E-state index contributed by atoms with van der Waals surface area (Å²) in [5, 5.41) is 9.99. The number of rotatable bonds is 4. The van der Waals surface area contributed by atoms with E-state index in [1.807, 2.05) is 0 Å². The second-order valence-electron chi connectivity index (χ2n) is 6.20. The van der Waals surface area contributed by atoms with E-state index in [9.17, 15) is 5.11 Å². The lowest BCUT2D eigenvalue weighted by Crippen LogP contribution is -2.25. The molecule has 0 bridgehead atoms. The Kier molecular flexibility index (Phi) is 4.76. The van der Waals surface area contributed by atoms with Crippen LogP contribution >= 0.6 is 0 Å². The number of aliphatic hydroxyl groups excluding tert-OH is 1. The average Bonchev–Trinajstić information content (AvgIpc) is 2.21. The third-order valence-electron chi connectivity index (χ3n) is 3.43. The van der Waals surface area contributed by atoms with Gasteiger partial charge in [0.1, 0.15) is 0 Å². The predicted octanol–water partition coefficient (Wildman–Crippen LogP) is 4.03. The zero-order chi connectivity index (χ0) is 13.1. The van der Waals surface area contributed by atoms with Crippen LogP contribution in [0.3, 0.4) is 0 Å². The molecule has 0 heterocycles. The molecule has 0 radical (unpaired) electrons. The first-order valence-corrected chi connectivity index (χ1v) is 6.55. The Morgan fingerprint density at radius 1 is 1.18 bits per heavy atom. The zero-order valence-electron chi connectivity index (χ0n) is 11.9. The zero-order valence-corrected chi connectivity index (χ0v) is 11.9. The van der Waals surface area contributed by atoms with Crippen molar-refractivity contribution >= 4 is 0 Å². The van der Waals surface area contributed by atoms with E-state index in [-0.39, 0.29) is 11.5 Å². The van der Waals surface area contributed by atoms with Crippen LogP contribution in [0.1, 0.15) is 50.3 Å². The van der Waals surface area contributed by atoms with E-state index in [0.717, 1.165) is 19.3 Å². The molecule has 1 heteroatoms. The first-order valence-electron chi connectivity index (χ1n) is 6.55. The van der Waals surface area contributed by atoms with Crippen molar-refractivity contribution in [2.75, 3.05) is 0 Å². The summed E-state index contributed by atoms with van der Waals surface area (Å²) in [7, 11) is 0. The Morgan fingerprint density at radius 2 is 1.82 bits per heavy atom. The molecular weight excluding hydrogens is 208 g/mol. The van der Waals surface area contributed by atoms with Gasteiger partial charge in [0, 0.05) is 0 Å². The van der Waals surface area contributed by atoms with E-state index < -0.39 is 0 Å². The van der Waals surface area contributed by atoms with Crippen LogP contribution in [0.25, 0.3) is 0 Å². The maximum absolute atomic E-state index is 9.99. The van der Waals surface area contributed by atoms with E-state index in [2.05, 4.69) is 52.8 Å². The Hall–Kier alpha value is -0.820. The second-order valence-corrected chi connectivity index (χ2v) is 6.20. The quantitative estimate of drug-likeness (QED) is 0.834. The van der Waals surface area contributed by atoms with Crippen molar-refractivity contribution in [1.29, 1.82) is 0 Å². The summed E-state index contributed by atoms with van der Waals surface area (Å²) in [5.41, 5.74) is 4.11. The molecule has 1 nitrogen and oxygen atoms in total. The first-order chi connectivity index (χ1) is 7.80. The van der Waals surface area contributed by atoms with Gasteiger partial charge in [-0.2, -0.15) is 0 Å². The van der Waals surface area contributed by atoms with Crippen LogP contribution in [-0.2, 0) is 6.42 Å². The van der Waals surface area contributed by atoms with Crippen LogP contribution in [-0.4, -0.2) is 11.2 Å². The van der Waals surface area contributed by atoms with Crippen molar-refractivity contribution in [1.82, 2.24) is 0 Å². The fraction of sp³-hybridized carbons (Fsp3) is 0.625. The molecule has 1 aromatic carbocycles. The molecule has 0 aliphatic heterocycles. The fourth-order valence-corrected chi connectivity index (χ4v) is 1.99. The van der Waals surface area contributed by atoms with Crippen molar-refractivity contribution in [2.24, 2.45) is 5.41 Å². The molecule has 1 aromatic rings. The van der Waals surface area contributed by atoms with Crippen molar-refractivity contribution in [3.8, 4) is 0 Å². The van der Waals surface area contributed by atoms with Gasteiger partial charge in [-0.05, 0) is 49.7 Å². The smallest absolute Gasteiger partial charge is 0.0588 e. The van der Waals surface area contributed by atoms with E-state index in [1.54, 1.807) is 0 Å². The monoisotopic (exact) mass is 234 g/mol. The highest BCUT2D eigenvalue weighted by molar-refractivity contribution is 5.30. The van der Waals surface area contributed by atoms with Gasteiger partial charge in [-0.25, -0.2) is 0 Å². The van der Waals surface area contributed by atoms with Crippen molar-refractivity contribution in [2.45, 2.75) is 60.0 Å². The molecule has 0 spiro atoms. The highest BCUT2D eigenvalue weighted by Crippen LogP contribution is 2.23. The molecule has 0 aliphatic rings. The predicted molar refractivity (Wildman–Crippen MR) is 74.3 cm³/mol. The summed E-state index contributed by atoms with van der Waals surface area (Å²) in [4.78, 5) is 0. The summed E-state index contributed by atoms with van der Waals surface area (Å²) < 4.78 is 0. The van der Waals surface area contributed by atoms with Crippen LogP contribution < -0.4 is 0 Å². The highest BCUT2D eigenvalue weighted by atomic mass is 16.3. The molecule has 0 aromatic heterocycles. The Labute approximate surface area is 106 Å². The van der Waals surface area contributed by atoms with Gasteiger partial charge in [-0.15, -0.1) is 0 Å². The van der Waals surface area contributed by atoms with Gasteiger partial charge < -0.3 is 5.11 Å². The third-order valence-corrected chi connectivity index (χ3v) is 3.43. The molecule has 96 valence electrons. The lowest BCUT2D eigenvalue weighted by atomic mass is 9.85. The van der Waals surface area contributed by atoms with E-state index in [0.29, 0.717) is 0 Å². The molecule has 0 amide bonds. The van der Waals surface area contributed by atoms with Crippen molar-refractivity contribution < 1.29 is 5.11 Å². The second kappa shape index (κ2) is 5.68. The molecule has 1 atom stereocenters. The van der Waals surface area contributed by atoms with Crippen molar-refractivity contribution in [3.05, 3.63) is 34.9 Å². The first kappa shape index (κ1) is 14.2. The third kappa shape index (κ3) is 4.51. The van der Waals surface area contributed by atoms with Gasteiger partial charge in [0.05, 0.1) is 6.10 Å². The van der Waals surface area contributed by atoms with Crippen LogP contribution in [0.5, 0.6) is 0 Å². The van der Waals surface area contributed by atoms with E-state index in [4.69, 9.17) is 0 Å². The van der Waals surface area contributed by atoms with E-state index >= 15 is 0 Å². The Bertz CT molecular complexity index is 360. The summed E-state index contributed by atoms with van der Waals surface area (Å²) >= 11 is 0. The summed E-state index contributed by atoms with van der Waals surface area (Å²) in [6, 6.07) is 6.60. The SMILES string of the molecule is Cc1ccc(C)c(CCCC(O)C(C)(C)C)c1. The van der Waals surface area contributed by atoms with Gasteiger partial charge >= 0.3 is 0 Å². The number of hydrogen-bond donors (Lipinski definition) is 1.